The van der Waals surface area contributed by atoms with Crippen LogP contribution in [0.2, 0.25) is 0 Å². The van der Waals surface area contributed by atoms with E-state index in [2.05, 4.69) is 31.5 Å². The van der Waals surface area contributed by atoms with Crippen LogP contribution in [-0.2, 0) is 0 Å². The lowest BCUT2D eigenvalue weighted by atomic mass is 9.83. The lowest BCUT2D eigenvalue weighted by Gasteiger charge is -2.37. The third kappa shape index (κ3) is 4.02. The second kappa shape index (κ2) is 8.99. The number of anilines is 2. The van der Waals surface area contributed by atoms with Crippen molar-refractivity contribution in [1.82, 2.24) is 15.2 Å². The van der Waals surface area contributed by atoms with Crippen LogP contribution in [0.5, 0.6) is 0 Å². The third-order valence-electron chi connectivity index (χ3n) is 9.08. The number of likely N-dealkylation sites (tertiary alicyclic amines) is 1. The average Bonchev–Trinajstić information content (AvgIpc) is 3.59. The summed E-state index contributed by atoms with van der Waals surface area (Å²) in [4.78, 5) is 9.70. The molecule has 0 unspecified atom stereocenters. The minimum atomic E-state index is 0.436. The predicted molar refractivity (Wildman–Crippen MR) is 141 cm³/mol. The Morgan fingerprint density at radius 2 is 1.91 bits per heavy atom. The molecule has 2 aliphatic heterocycles. The molecule has 3 fully saturated rings. The zero-order chi connectivity index (χ0) is 23.9. The van der Waals surface area contributed by atoms with Crippen molar-refractivity contribution in [1.29, 1.82) is 10.8 Å². The zero-order valence-corrected chi connectivity index (χ0v) is 21.2. The molecule has 4 aliphatic rings. The Bertz CT molecular complexity index is 996. The Morgan fingerprint density at radius 1 is 1.18 bits per heavy atom. The van der Waals surface area contributed by atoms with Crippen molar-refractivity contribution in [2.45, 2.75) is 70.8 Å². The van der Waals surface area contributed by atoms with E-state index in [0.29, 0.717) is 23.2 Å². The lowest BCUT2D eigenvalue weighted by molar-refractivity contribution is 0.125. The van der Waals surface area contributed by atoms with Gasteiger partial charge in [-0.25, -0.2) is 4.98 Å². The van der Waals surface area contributed by atoms with Crippen LogP contribution in [0.1, 0.15) is 69.5 Å². The van der Waals surface area contributed by atoms with Gasteiger partial charge in [0.1, 0.15) is 5.82 Å². The Kier molecular flexibility index (Phi) is 6.17. The van der Waals surface area contributed by atoms with Crippen molar-refractivity contribution < 1.29 is 0 Å². The van der Waals surface area contributed by atoms with Gasteiger partial charge in [-0.2, -0.15) is 0 Å². The molecule has 1 saturated heterocycles. The molecule has 5 rings (SSSR count). The first kappa shape index (κ1) is 23.3. The molecule has 7 nitrogen and oxygen atoms in total. The van der Waals surface area contributed by atoms with Gasteiger partial charge < -0.3 is 26.4 Å². The molecule has 4 N–H and O–H groups in total. The van der Waals surface area contributed by atoms with Gasteiger partial charge in [0.25, 0.3) is 0 Å². The van der Waals surface area contributed by atoms with Crippen LogP contribution in [-0.4, -0.2) is 67.1 Å². The van der Waals surface area contributed by atoms with Crippen molar-refractivity contribution in [3.05, 3.63) is 28.6 Å². The number of fused-ring (bicyclic) bond motifs is 2. The summed E-state index contributed by atoms with van der Waals surface area (Å²) >= 11 is 0. The monoisotopic (exact) mass is 463 g/mol. The van der Waals surface area contributed by atoms with Crippen LogP contribution in [0.15, 0.2) is 17.3 Å². The first-order chi connectivity index (χ1) is 16.4. The first-order valence-electron chi connectivity index (χ1n) is 13.1. The summed E-state index contributed by atoms with van der Waals surface area (Å²) in [5, 5.41) is 23.5. The van der Waals surface area contributed by atoms with Gasteiger partial charge in [-0.15, -0.1) is 0 Å². The van der Waals surface area contributed by atoms with Crippen molar-refractivity contribution in [3.63, 3.8) is 0 Å². The van der Waals surface area contributed by atoms with Crippen molar-refractivity contribution in [3.8, 4) is 0 Å². The van der Waals surface area contributed by atoms with Gasteiger partial charge in [0.05, 0.1) is 11.3 Å². The molecule has 184 valence electrons. The fourth-order valence-electron chi connectivity index (χ4n) is 7.22. The van der Waals surface area contributed by atoms with Gasteiger partial charge in [-0.05, 0) is 83.4 Å². The van der Waals surface area contributed by atoms with Crippen LogP contribution in [0.4, 0.5) is 11.5 Å². The second-order valence-corrected chi connectivity index (χ2v) is 11.1. The fraction of sp³-hybridized carbons (Fsp3) is 0.667. The van der Waals surface area contributed by atoms with Gasteiger partial charge in [-0.3, -0.25) is 4.90 Å². The van der Waals surface area contributed by atoms with Gasteiger partial charge in [-0.1, -0.05) is 0 Å². The number of hydrogen-bond donors (Lipinski definition) is 4. The summed E-state index contributed by atoms with van der Waals surface area (Å²) in [6, 6.07) is 2.07. The normalized spacial score (nSPS) is 29.1. The average molecular weight is 464 g/mol. The summed E-state index contributed by atoms with van der Waals surface area (Å²) < 4.78 is 0. The summed E-state index contributed by atoms with van der Waals surface area (Å²) in [6.07, 6.45) is 11.9. The third-order valence-corrected chi connectivity index (χ3v) is 9.08. The Hall–Kier alpha value is -2.41. The van der Waals surface area contributed by atoms with E-state index in [9.17, 15) is 0 Å². The number of hydrogen-bond acceptors (Lipinski definition) is 7. The van der Waals surface area contributed by atoms with E-state index < -0.39 is 0 Å². The molecule has 1 aromatic rings. The van der Waals surface area contributed by atoms with Gasteiger partial charge in [0.15, 0.2) is 0 Å². The number of pyridine rings is 1. The van der Waals surface area contributed by atoms with Crippen molar-refractivity contribution >= 4 is 23.4 Å². The largest absolute Gasteiger partial charge is 0.387 e. The summed E-state index contributed by atoms with van der Waals surface area (Å²) in [7, 11) is 1.85. The molecule has 3 heterocycles. The highest BCUT2D eigenvalue weighted by Crippen LogP contribution is 2.59. The van der Waals surface area contributed by atoms with Crippen molar-refractivity contribution in [2.24, 2.45) is 5.41 Å². The van der Waals surface area contributed by atoms with Crippen LogP contribution >= 0.6 is 0 Å². The Labute approximate surface area is 204 Å². The number of nitrogens with zero attached hydrogens (tertiary/aromatic N) is 3. The second-order valence-electron chi connectivity index (χ2n) is 11.1. The summed E-state index contributed by atoms with van der Waals surface area (Å²) in [6.45, 7) is 9.17. The molecule has 2 bridgehead atoms. The highest BCUT2D eigenvalue weighted by molar-refractivity contribution is 5.98. The molecule has 0 atom stereocenters. The Balaban J connectivity index is 1.32. The lowest BCUT2D eigenvalue weighted by Crippen LogP contribution is -2.43. The van der Waals surface area contributed by atoms with E-state index in [0.717, 1.165) is 47.8 Å². The van der Waals surface area contributed by atoms with Crippen LogP contribution in [0.3, 0.4) is 0 Å². The quantitative estimate of drug-likeness (QED) is 0.431. The minimum absolute atomic E-state index is 0.436. The SMILES string of the molecule is CNc1nc(C)cc(N2CCC(NCC34CCC(N5CCCC5)(CC3)C4)=C(C(C)=N)C2)c1C=N. The molecule has 0 radical (unpaired) electrons. The van der Waals surface area contributed by atoms with E-state index in [-0.39, 0.29) is 0 Å². The van der Waals surface area contributed by atoms with E-state index in [1.165, 1.54) is 69.9 Å². The maximum absolute atomic E-state index is 8.52. The van der Waals surface area contributed by atoms with Crippen LogP contribution < -0.4 is 15.5 Å². The van der Waals surface area contributed by atoms with Gasteiger partial charge >= 0.3 is 0 Å². The zero-order valence-electron chi connectivity index (χ0n) is 21.2. The molecule has 2 saturated carbocycles. The predicted octanol–water partition coefficient (Wildman–Crippen LogP) is 4.32. The van der Waals surface area contributed by atoms with E-state index in [4.69, 9.17) is 10.8 Å². The smallest absolute Gasteiger partial charge is 0.136 e. The molecular weight excluding hydrogens is 422 g/mol. The molecule has 2 aliphatic carbocycles. The highest BCUT2D eigenvalue weighted by Gasteiger charge is 2.56. The van der Waals surface area contributed by atoms with E-state index in [1.807, 2.05) is 20.9 Å². The van der Waals surface area contributed by atoms with Crippen LogP contribution in [0, 0.1) is 23.2 Å². The molecule has 34 heavy (non-hydrogen) atoms. The van der Waals surface area contributed by atoms with Crippen LogP contribution in [0.25, 0.3) is 0 Å². The maximum Gasteiger partial charge on any atom is 0.136 e. The van der Waals surface area contributed by atoms with Gasteiger partial charge in [0.2, 0.25) is 0 Å². The molecule has 0 spiro atoms. The molecule has 1 aromatic heterocycles. The molecule has 0 amide bonds. The first-order valence-corrected chi connectivity index (χ1v) is 13.1. The van der Waals surface area contributed by atoms with E-state index in [1.54, 1.807) is 0 Å². The minimum Gasteiger partial charge on any atom is -0.387 e. The number of aryl methyl sites for hydroxylation is 1. The molecular formula is C27H41N7. The molecule has 7 heteroatoms. The highest BCUT2D eigenvalue weighted by atomic mass is 15.2. The Morgan fingerprint density at radius 3 is 2.56 bits per heavy atom. The number of rotatable bonds is 8. The number of nitrogens with one attached hydrogen (secondary N) is 4. The van der Waals surface area contributed by atoms with Crippen molar-refractivity contribution in [2.75, 3.05) is 50.0 Å². The maximum atomic E-state index is 8.52. The standard InChI is InChI=1S/C27H41N7/c1-19-14-24(21(15-28)25(30-3)32-19)33-13-6-23(22(16-33)20(2)29)31-18-26-7-9-27(17-26,10-8-26)34-11-4-5-12-34/h14-15,28-29,31H,4-13,16-18H2,1-3H3,(H,30,32). The van der Waals surface area contributed by atoms with Gasteiger partial charge in [0, 0.05) is 67.5 Å². The summed E-state index contributed by atoms with van der Waals surface area (Å²) in [5.74, 6) is 0.745. The molecule has 0 aromatic carbocycles. The fourth-order valence-corrected chi connectivity index (χ4v) is 7.22. The number of aromatic nitrogens is 1. The summed E-state index contributed by atoms with van der Waals surface area (Å²) in [5.41, 5.74) is 6.74. The van der Waals surface area contributed by atoms with E-state index >= 15 is 0 Å². The topological polar surface area (TPSA) is 91.1 Å².